The zero-order valence-corrected chi connectivity index (χ0v) is 7.20. The van der Waals surface area contributed by atoms with Crippen LogP contribution in [0.25, 0.3) is 0 Å². The van der Waals surface area contributed by atoms with Crippen molar-refractivity contribution >= 4 is 11.9 Å². The summed E-state index contributed by atoms with van der Waals surface area (Å²) >= 11 is 0. The van der Waals surface area contributed by atoms with E-state index in [-0.39, 0.29) is 18.9 Å². The molecule has 0 aliphatic rings. The third-order valence-corrected chi connectivity index (χ3v) is 0.969. The molecule has 5 nitrogen and oxygen atoms in total. The smallest absolute Gasteiger partial charge is 0.321 e. The maximum absolute atomic E-state index is 10.7. The van der Waals surface area contributed by atoms with Crippen molar-refractivity contribution in [1.82, 2.24) is 0 Å². The molecule has 0 fully saturated rings. The molecular weight excluding hydrogens is 162 g/mol. The van der Waals surface area contributed by atoms with Crippen molar-refractivity contribution in [2.24, 2.45) is 11.7 Å². The largest absolute Gasteiger partial charge is 0.368 e. The molecular formula is C7H13NO4. The van der Waals surface area contributed by atoms with Gasteiger partial charge in [0.15, 0.2) is 0 Å². The summed E-state index contributed by atoms with van der Waals surface area (Å²) in [4.78, 5) is 29.3. The molecule has 0 rings (SSSR count). The second-order valence-corrected chi connectivity index (χ2v) is 2.71. The van der Waals surface area contributed by atoms with Crippen LogP contribution in [0.2, 0.25) is 0 Å². The van der Waals surface area contributed by atoms with E-state index >= 15 is 0 Å². The Morgan fingerprint density at radius 3 is 2.17 bits per heavy atom. The molecule has 0 aromatic carbocycles. The molecule has 0 radical (unpaired) electrons. The molecule has 0 spiro atoms. The first kappa shape index (κ1) is 10.9. The van der Waals surface area contributed by atoms with Crippen LogP contribution < -0.4 is 5.73 Å². The molecule has 0 atom stereocenters. The molecule has 2 N–H and O–H groups in total. The number of hydrogen-bond acceptors (Lipinski definition) is 5. The fraction of sp³-hybridized carbons (Fsp3) is 0.714. The van der Waals surface area contributed by atoms with Gasteiger partial charge in [-0.15, -0.1) is 0 Å². The van der Waals surface area contributed by atoms with E-state index in [1.54, 1.807) is 0 Å². The third kappa shape index (κ3) is 5.67. The van der Waals surface area contributed by atoms with E-state index in [1.807, 2.05) is 13.8 Å². The number of carbonyl (C=O) groups excluding carboxylic acids is 2. The summed E-state index contributed by atoms with van der Waals surface area (Å²) in [5.41, 5.74) is 4.89. The van der Waals surface area contributed by atoms with E-state index < -0.39 is 11.9 Å². The molecule has 0 aromatic rings. The quantitative estimate of drug-likeness (QED) is 0.482. The van der Waals surface area contributed by atoms with Crippen LogP contribution in [0.4, 0.5) is 0 Å². The average Bonchev–Trinajstić information content (AvgIpc) is 1.99. The van der Waals surface area contributed by atoms with Gasteiger partial charge in [0.05, 0.1) is 13.0 Å². The molecule has 12 heavy (non-hydrogen) atoms. The summed E-state index contributed by atoms with van der Waals surface area (Å²) < 4.78 is 0. The number of hydrogen-bond donors (Lipinski definition) is 1. The Bertz CT molecular complexity index is 167. The lowest BCUT2D eigenvalue weighted by molar-refractivity contribution is -0.258. The van der Waals surface area contributed by atoms with Crippen molar-refractivity contribution in [3.63, 3.8) is 0 Å². The Labute approximate surface area is 70.7 Å². The normalized spacial score (nSPS) is 9.67. The maximum Gasteiger partial charge on any atom is 0.368 e. The standard InChI is InChI=1S/C7H13NO4/c1-5(2)3-6(9)11-12-7(10)4-8/h5H,3-4,8H2,1-2H3. The zero-order chi connectivity index (χ0) is 9.56. The first-order valence-corrected chi connectivity index (χ1v) is 3.66. The molecule has 0 unspecified atom stereocenters. The van der Waals surface area contributed by atoms with Crippen molar-refractivity contribution in [2.45, 2.75) is 20.3 Å². The van der Waals surface area contributed by atoms with Crippen molar-refractivity contribution in [1.29, 1.82) is 0 Å². The SMILES string of the molecule is CC(C)CC(=O)OOC(=O)CN. The Balaban J connectivity index is 3.51. The minimum atomic E-state index is -0.757. The van der Waals surface area contributed by atoms with Gasteiger partial charge in [0.1, 0.15) is 0 Å². The molecule has 5 heteroatoms. The molecule has 0 aromatic heterocycles. The van der Waals surface area contributed by atoms with E-state index in [4.69, 9.17) is 5.73 Å². The van der Waals surface area contributed by atoms with Gasteiger partial charge in [0, 0.05) is 0 Å². The number of carbonyl (C=O) groups is 2. The molecule has 0 amide bonds. The summed E-state index contributed by atoms with van der Waals surface area (Å²) in [6, 6.07) is 0. The van der Waals surface area contributed by atoms with Crippen LogP contribution in [0.1, 0.15) is 20.3 Å². The van der Waals surface area contributed by atoms with Gasteiger partial charge in [-0.2, -0.15) is 0 Å². The first-order valence-electron chi connectivity index (χ1n) is 3.66. The lowest BCUT2D eigenvalue weighted by Crippen LogP contribution is -2.19. The molecule has 0 aliphatic carbocycles. The van der Waals surface area contributed by atoms with Gasteiger partial charge in [0.2, 0.25) is 0 Å². The first-order chi connectivity index (χ1) is 5.56. The van der Waals surface area contributed by atoms with Crippen molar-refractivity contribution < 1.29 is 19.4 Å². The van der Waals surface area contributed by atoms with E-state index in [2.05, 4.69) is 9.78 Å². The van der Waals surface area contributed by atoms with Crippen LogP contribution in [0.15, 0.2) is 0 Å². The predicted molar refractivity (Wildman–Crippen MR) is 40.7 cm³/mol. The summed E-state index contributed by atoms with van der Waals surface area (Å²) in [6.45, 7) is 3.41. The van der Waals surface area contributed by atoms with E-state index in [0.29, 0.717) is 0 Å². The van der Waals surface area contributed by atoms with Crippen LogP contribution in [0, 0.1) is 5.92 Å². The fourth-order valence-corrected chi connectivity index (χ4v) is 0.494. The zero-order valence-electron chi connectivity index (χ0n) is 7.20. The van der Waals surface area contributed by atoms with Crippen molar-refractivity contribution in [3.8, 4) is 0 Å². The molecule has 0 heterocycles. The van der Waals surface area contributed by atoms with Gasteiger partial charge < -0.3 is 5.73 Å². The van der Waals surface area contributed by atoms with Crippen LogP contribution in [-0.4, -0.2) is 18.5 Å². The summed E-state index contributed by atoms with van der Waals surface area (Å²) in [6.07, 6.45) is 0.220. The van der Waals surface area contributed by atoms with Crippen LogP contribution in [0.5, 0.6) is 0 Å². The topological polar surface area (TPSA) is 78.6 Å². The minimum absolute atomic E-state index is 0.175. The van der Waals surface area contributed by atoms with Gasteiger partial charge in [-0.3, -0.25) is 0 Å². The molecule has 0 bridgehead atoms. The van der Waals surface area contributed by atoms with Crippen molar-refractivity contribution in [3.05, 3.63) is 0 Å². The van der Waals surface area contributed by atoms with E-state index in [9.17, 15) is 9.59 Å². The molecule has 0 saturated heterocycles. The summed E-state index contributed by atoms with van der Waals surface area (Å²) in [7, 11) is 0. The van der Waals surface area contributed by atoms with Crippen molar-refractivity contribution in [2.75, 3.05) is 6.54 Å². The predicted octanol–water partition coefficient (Wildman–Crippen LogP) is -0.00740. The summed E-state index contributed by atoms with van der Waals surface area (Å²) in [5.74, 6) is -1.15. The fourth-order valence-electron chi connectivity index (χ4n) is 0.494. The van der Waals surface area contributed by atoms with E-state index in [1.165, 1.54) is 0 Å². The molecule has 0 aliphatic heterocycles. The second-order valence-electron chi connectivity index (χ2n) is 2.71. The number of rotatable bonds is 3. The summed E-state index contributed by atoms with van der Waals surface area (Å²) in [5, 5.41) is 0. The monoisotopic (exact) mass is 175 g/mol. The average molecular weight is 175 g/mol. The van der Waals surface area contributed by atoms with Crippen LogP contribution in [0.3, 0.4) is 0 Å². The molecule has 70 valence electrons. The number of nitrogens with two attached hydrogens (primary N) is 1. The van der Waals surface area contributed by atoms with Gasteiger partial charge in [-0.05, 0) is 5.92 Å². The van der Waals surface area contributed by atoms with Gasteiger partial charge in [-0.1, -0.05) is 13.8 Å². The highest BCUT2D eigenvalue weighted by Gasteiger charge is 2.09. The van der Waals surface area contributed by atoms with Gasteiger partial charge in [0.25, 0.3) is 0 Å². The van der Waals surface area contributed by atoms with Gasteiger partial charge in [-0.25, -0.2) is 19.4 Å². The molecule has 0 saturated carbocycles. The van der Waals surface area contributed by atoms with E-state index in [0.717, 1.165) is 0 Å². The highest BCUT2D eigenvalue weighted by atomic mass is 17.2. The Hall–Kier alpha value is -1.10. The Morgan fingerprint density at radius 1 is 1.25 bits per heavy atom. The van der Waals surface area contributed by atoms with Crippen LogP contribution >= 0.6 is 0 Å². The highest BCUT2D eigenvalue weighted by Crippen LogP contribution is 2.00. The third-order valence-electron chi connectivity index (χ3n) is 0.969. The van der Waals surface area contributed by atoms with Crippen LogP contribution in [-0.2, 0) is 19.4 Å². The second kappa shape index (κ2) is 5.54. The lowest BCUT2D eigenvalue weighted by Gasteiger charge is -2.03. The maximum atomic E-state index is 10.7. The highest BCUT2D eigenvalue weighted by molar-refractivity contribution is 5.73. The minimum Gasteiger partial charge on any atom is -0.321 e. The Kier molecular flexibility index (Phi) is 5.03. The Morgan fingerprint density at radius 2 is 1.75 bits per heavy atom. The van der Waals surface area contributed by atoms with Gasteiger partial charge >= 0.3 is 11.9 Å². The lowest BCUT2D eigenvalue weighted by atomic mass is 10.1.